The van der Waals surface area contributed by atoms with Gasteiger partial charge >= 0.3 is 0 Å². The Bertz CT molecular complexity index is 745. The van der Waals surface area contributed by atoms with Crippen LogP contribution in [0.15, 0.2) is 59.1 Å². The third-order valence-corrected chi connectivity index (χ3v) is 3.29. The number of hydrogen-bond acceptors (Lipinski definition) is 2. The zero-order valence-corrected chi connectivity index (χ0v) is 11.4. The largest absolute Gasteiger partial charge is 0.439 e. The van der Waals surface area contributed by atoms with Crippen molar-refractivity contribution in [3.63, 3.8) is 0 Å². The Morgan fingerprint density at radius 3 is 2.68 bits per heavy atom. The Hall–Kier alpha value is -1.94. The molecule has 1 aromatic heterocycles. The molecule has 0 fully saturated rings. The minimum atomic E-state index is -0.321. The van der Waals surface area contributed by atoms with E-state index >= 15 is 0 Å². The van der Waals surface area contributed by atoms with Crippen LogP contribution in [-0.4, -0.2) is 4.98 Å². The molecule has 1 heterocycles. The first-order chi connectivity index (χ1) is 9.22. The summed E-state index contributed by atoms with van der Waals surface area (Å²) in [5, 5.41) is 1.05. The van der Waals surface area contributed by atoms with E-state index in [1.54, 1.807) is 18.2 Å². The fourth-order valence-corrected chi connectivity index (χ4v) is 2.12. The third kappa shape index (κ3) is 2.58. The molecule has 0 aliphatic heterocycles. The maximum Gasteiger partial charge on any atom is 0.219 e. The summed E-state index contributed by atoms with van der Waals surface area (Å²) in [7, 11) is 0. The van der Waals surface area contributed by atoms with Gasteiger partial charge in [0.05, 0.1) is 9.99 Å². The quantitative estimate of drug-likeness (QED) is 0.668. The molecule has 0 aliphatic rings. The minimum Gasteiger partial charge on any atom is -0.439 e. The zero-order chi connectivity index (χ0) is 13.2. The number of halogens is 2. The van der Waals surface area contributed by atoms with E-state index in [4.69, 9.17) is 4.74 Å². The molecule has 0 saturated carbocycles. The van der Waals surface area contributed by atoms with Crippen LogP contribution in [0.3, 0.4) is 0 Å². The topological polar surface area (TPSA) is 22.1 Å². The standard InChI is InChI=1S/C15H9BrFNO/c16-12-9-11(6-7-13(12)17)19-15-8-5-10-3-1-2-4-14(10)18-15/h1-9H. The zero-order valence-electron chi connectivity index (χ0n) is 9.81. The van der Waals surface area contributed by atoms with Crippen molar-refractivity contribution >= 4 is 26.8 Å². The lowest BCUT2D eigenvalue weighted by Gasteiger charge is -2.06. The van der Waals surface area contributed by atoms with E-state index in [1.165, 1.54) is 6.07 Å². The molecule has 0 unspecified atom stereocenters. The molecule has 2 nitrogen and oxygen atoms in total. The van der Waals surface area contributed by atoms with E-state index in [2.05, 4.69) is 20.9 Å². The molecule has 0 atom stereocenters. The van der Waals surface area contributed by atoms with Crippen molar-refractivity contribution in [2.75, 3.05) is 0 Å². The molecule has 4 heteroatoms. The average molecular weight is 318 g/mol. The van der Waals surface area contributed by atoms with Crippen LogP contribution in [0, 0.1) is 5.82 Å². The molecule has 0 N–H and O–H groups in total. The minimum absolute atomic E-state index is 0.321. The predicted molar refractivity (Wildman–Crippen MR) is 75.9 cm³/mol. The lowest BCUT2D eigenvalue weighted by atomic mass is 10.2. The SMILES string of the molecule is Fc1ccc(Oc2ccc3ccccc3n2)cc1Br. The number of pyridine rings is 1. The molecule has 19 heavy (non-hydrogen) atoms. The van der Waals surface area contributed by atoms with Crippen LogP contribution in [0.1, 0.15) is 0 Å². The highest BCUT2D eigenvalue weighted by Gasteiger charge is 2.04. The maximum absolute atomic E-state index is 13.1. The summed E-state index contributed by atoms with van der Waals surface area (Å²) in [6.45, 7) is 0. The Labute approximate surface area is 118 Å². The molecule has 0 aliphatic carbocycles. The number of benzene rings is 2. The van der Waals surface area contributed by atoms with Gasteiger partial charge in [-0.05, 0) is 46.3 Å². The molecular formula is C15H9BrFNO. The molecule has 0 radical (unpaired) electrons. The van der Waals surface area contributed by atoms with E-state index < -0.39 is 0 Å². The molecule has 0 bridgehead atoms. The molecular weight excluding hydrogens is 309 g/mol. The second kappa shape index (κ2) is 4.97. The summed E-state index contributed by atoms with van der Waals surface area (Å²) < 4.78 is 19.1. The van der Waals surface area contributed by atoms with Crippen molar-refractivity contribution < 1.29 is 9.13 Å². The highest BCUT2D eigenvalue weighted by molar-refractivity contribution is 9.10. The van der Waals surface area contributed by atoms with Crippen LogP contribution in [0.25, 0.3) is 10.9 Å². The van der Waals surface area contributed by atoms with Crippen molar-refractivity contribution in [2.45, 2.75) is 0 Å². The van der Waals surface area contributed by atoms with E-state index in [9.17, 15) is 4.39 Å². The van der Waals surface area contributed by atoms with Crippen molar-refractivity contribution in [3.05, 3.63) is 64.9 Å². The second-order valence-corrected chi connectivity index (χ2v) is 4.87. The van der Waals surface area contributed by atoms with Crippen molar-refractivity contribution in [3.8, 4) is 11.6 Å². The van der Waals surface area contributed by atoms with Crippen LogP contribution in [0.2, 0.25) is 0 Å². The molecule has 2 aromatic carbocycles. The number of hydrogen-bond donors (Lipinski definition) is 0. The molecule has 0 saturated heterocycles. The van der Waals surface area contributed by atoms with Crippen LogP contribution >= 0.6 is 15.9 Å². The first-order valence-corrected chi connectivity index (χ1v) is 6.50. The summed E-state index contributed by atoms with van der Waals surface area (Å²) in [6.07, 6.45) is 0. The fraction of sp³-hybridized carbons (Fsp3) is 0. The van der Waals surface area contributed by atoms with Crippen molar-refractivity contribution in [1.82, 2.24) is 4.98 Å². The van der Waals surface area contributed by atoms with E-state index in [1.807, 2.05) is 30.3 Å². The van der Waals surface area contributed by atoms with Gasteiger partial charge in [0.25, 0.3) is 0 Å². The summed E-state index contributed by atoms with van der Waals surface area (Å²) in [6, 6.07) is 16.0. The summed E-state index contributed by atoms with van der Waals surface area (Å²) in [5.74, 6) is 0.701. The number of rotatable bonds is 2. The van der Waals surface area contributed by atoms with Crippen LogP contribution in [0.5, 0.6) is 11.6 Å². The van der Waals surface area contributed by atoms with Crippen molar-refractivity contribution in [1.29, 1.82) is 0 Å². The highest BCUT2D eigenvalue weighted by Crippen LogP contribution is 2.26. The van der Waals surface area contributed by atoms with Gasteiger partial charge in [-0.25, -0.2) is 9.37 Å². The molecule has 94 valence electrons. The van der Waals surface area contributed by atoms with Crippen LogP contribution in [0.4, 0.5) is 4.39 Å². The maximum atomic E-state index is 13.1. The average Bonchev–Trinajstić information content (AvgIpc) is 2.43. The van der Waals surface area contributed by atoms with Crippen molar-refractivity contribution in [2.24, 2.45) is 0 Å². The van der Waals surface area contributed by atoms with Gasteiger partial charge in [0.1, 0.15) is 11.6 Å². The first kappa shape index (κ1) is 12.1. The lowest BCUT2D eigenvalue weighted by Crippen LogP contribution is -1.89. The number of para-hydroxylation sites is 1. The van der Waals surface area contributed by atoms with Gasteiger partial charge in [0.15, 0.2) is 0 Å². The Morgan fingerprint density at radius 1 is 1.00 bits per heavy atom. The van der Waals surface area contributed by atoms with Gasteiger partial charge in [0.2, 0.25) is 5.88 Å². The van der Waals surface area contributed by atoms with E-state index in [0.29, 0.717) is 16.1 Å². The van der Waals surface area contributed by atoms with Gasteiger partial charge in [-0.1, -0.05) is 18.2 Å². The lowest BCUT2D eigenvalue weighted by molar-refractivity contribution is 0.463. The summed E-state index contributed by atoms with van der Waals surface area (Å²) >= 11 is 3.12. The van der Waals surface area contributed by atoms with E-state index in [0.717, 1.165) is 10.9 Å². The number of nitrogens with zero attached hydrogens (tertiary/aromatic N) is 1. The van der Waals surface area contributed by atoms with Gasteiger partial charge < -0.3 is 4.74 Å². The fourth-order valence-electron chi connectivity index (χ4n) is 1.77. The molecule has 0 spiro atoms. The Kier molecular flexibility index (Phi) is 3.17. The monoisotopic (exact) mass is 317 g/mol. The normalized spacial score (nSPS) is 10.6. The molecule has 0 amide bonds. The summed E-state index contributed by atoms with van der Waals surface area (Å²) in [5.41, 5.74) is 0.862. The Balaban J connectivity index is 1.94. The van der Waals surface area contributed by atoms with Gasteiger partial charge in [-0.3, -0.25) is 0 Å². The van der Waals surface area contributed by atoms with Crippen LogP contribution < -0.4 is 4.74 Å². The third-order valence-electron chi connectivity index (χ3n) is 2.69. The predicted octanol–water partition coefficient (Wildman–Crippen LogP) is 4.93. The van der Waals surface area contributed by atoms with E-state index in [-0.39, 0.29) is 5.82 Å². The summed E-state index contributed by atoms with van der Waals surface area (Å²) in [4.78, 5) is 4.39. The van der Waals surface area contributed by atoms with Gasteiger partial charge in [-0.15, -0.1) is 0 Å². The number of fused-ring (bicyclic) bond motifs is 1. The Morgan fingerprint density at radius 2 is 1.84 bits per heavy atom. The first-order valence-electron chi connectivity index (χ1n) is 5.71. The second-order valence-electron chi connectivity index (χ2n) is 4.02. The smallest absolute Gasteiger partial charge is 0.219 e. The van der Waals surface area contributed by atoms with Gasteiger partial charge in [0, 0.05) is 11.5 Å². The number of aromatic nitrogens is 1. The number of ether oxygens (including phenoxy) is 1. The molecule has 3 aromatic rings. The molecule has 3 rings (SSSR count). The van der Waals surface area contributed by atoms with Gasteiger partial charge in [-0.2, -0.15) is 0 Å². The highest BCUT2D eigenvalue weighted by atomic mass is 79.9. The van der Waals surface area contributed by atoms with Crippen LogP contribution in [-0.2, 0) is 0 Å².